The van der Waals surface area contributed by atoms with E-state index in [0.29, 0.717) is 0 Å². The van der Waals surface area contributed by atoms with Gasteiger partial charge in [-0.1, -0.05) is 11.3 Å². The molecule has 6 nitrogen and oxygen atoms in total. The molecule has 4 rings (SSSR count). The summed E-state index contributed by atoms with van der Waals surface area (Å²) in [5.74, 6) is 0. The topological polar surface area (TPSA) is 83.1 Å². The Labute approximate surface area is 120 Å². The highest BCUT2D eigenvalue weighted by Gasteiger charge is 2.09. The van der Waals surface area contributed by atoms with Crippen molar-refractivity contribution in [2.45, 2.75) is 6.92 Å². The lowest BCUT2D eigenvalue weighted by molar-refractivity contribution is 0.940. The lowest BCUT2D eigenvalue weighted by atomic mass is 10.0. The summed E-state index contributed by atoms with van der Waals surface area (Å²) in [7, 11) is 0. The van der Waals surface area contributed by atoms with Gasteiger partial charge in [0, 0.05) is 34.6 Å². The molecule has 4 heterocycles. The average Bonchev–Trinajstić information content (AvgIpc) is 3.18. The smallest absolute Gasteiger partial charge is 0.137 e. The van der Waals surface area contributed by atoms with Crippen LogP contribution in [0, 0.1) is 6.92 Å². The van der Waals surface area contributed by atoms with Crippen molar-refractivity contribution in [3.05, 3.63) is 48.5 Å². The second-order valence-corrected chi connectivity index (χ2v) is 4.83. The molecule has 0 saturated heterocycles. The number of pyridine rings is 2. The Morgan fingerprint density at radius 3 is 2.86 bits per heavy atom. The van der Waals surface area contributed by atoms with Crippen LogP contribution < -0.4 is 0 Å². The molecule has 0 aliphatic rings. The van der Waals surface area contributed by atoms with Crippen LogP contribution in [0.2, 0.25) is 0 Å². The SMILES string of the molecule is Cc1nc(-c2c[nH]nn2)ccc1-c1cnc2[nH]ccc2c1. The molecule has 0 aromatic carbocycles. The number of H-pyrrole nitrogens is 2. The summed E-state index contributed by atoms with van der Waals surface area (Å²) in [5, 5.41) is 11.5. The van der Waals surface area contributed by atoms with Crippen molar-refractivity contribution in [3.8, 4) is 22.5 Å². The molecule has 2 N–H and O–H groups in total. The third kappa shape index (κ3) is 1.97. The van der Waals surface area contributed by atoms with Gasteiger partial charge >= 0.3 is 0 Å². The van der Waals surface area contributed by atoms with Crippen LogP contribution in [0.3, 0.4) is 0 Å². The number of aryl methyl sites for hydroxylation is 1. The van der Waals surface area contributed by atoms with Crippen LogP contribution in [-0.2, 0) is 0 Å². The summed E-state index contributed by atoms with van der Waals surface area (Å²) in [6.07, 6.45) is 5.48. The zero-order valence-electron chi connectivity index (χ0n) is 11.3. The Bertz CT molecular complexity index is 907. The summed E-state index contributed by atoms with van der Waals surface area (Å²) in [4.78, 5) is 12.1. The summed E-state index contributed by atoms with van der Waals surface area (Å²) in [5.41, 5.74) is 5.50. The Morgan fingerprint density at radius 2 is 2.05 bits per heavy atom. The standard InChI is InChI=1S/C15H12N6/c1-9-12(2-3-13(19-9)14-8-18-21-20-14)11-6-10-4-5-16-15(10)17-7-11/h2-8H,1H3,(H,16,17)(H,18,20,21). The van der Waals surface area contributed by atoms with E-state index in [9.17, 15) is 0 Å². The van der Waals surface area contributed by atoms with Gasteiger partial charge < -0.3 is 4.98 Å². The number of nitrogens with zero attached hydrogens (tertiary/aromatic N) is 4. The molecule has 0 saturated carbocycles. The number of aromatic nitrogens is 6. The molecule has 0 aliphatic heterocycles. The van der Waals surface area contributed by atoms with Gasteiger partial charge in [0.15, 0.2) is 0 Å². The molecular formula is C15H12N6. The Balaban J connectivity index is 1.81. The lowest BCUT2D eigenvalue weighted by Crippen LogP contribution is -1.92. The van der Waals surface area contributed by atoms with Gasteiger partial charge in [-0.3, -0.25) is 10.1 Å². The minimum absolute atomic E-state index is 0.740. The monoisotopic (exact) mass is 276 g/mol. The predicted molar refractivity (Wildman–Crippen MR) is 79.4 cm³/mol. The van der Waals surface area contributed by atoms with Crippen LogP contribution in [0.25, 0.3) is 33.5 Å². The van der Waals surface area contributed by atoms with E-state index in [1.54, 1.807) is 6.20 Å². The normalized spacial score (nSPS) is 11.1. The second-order valence-electron chi connectivity index (χ2n) is 4.83. The van der Waals surface area contributed by atoms with Crippen LogP contribution in [0.5, 0.6) is 0 Å². The first-order valence-electron chi connectivity index (χ1n) is 6.59. The number of nitrogens with one attached hydrogen (secondary N) is 2. The van der Waals surface area contributed by atoms with Crippen LogP contribution in [-0.4, -0.2) is 30.4 Å². The van der Waals surface area contributed by atoms with Gasteiger partial charge in [-0.05, 0) is 25.1 Å². The molecular weight excluding hydrogens is 264 g/mol. The Kier molecular flexibility index (Phi) is 2.53. The van der Waals surface area contributed by atoms with E-state index in [1.165, 1.54) is 0 Å². The van der Waals surface area contributed by atoms with Crippen LogP contribution >= 0.6 is 0 Å². The summed E-state index contributed by atoms with van der Waals surface area (Å²) in [6.45, 7) is 1.99. The minimum atomic E-state index is 0.740. The maximum Gasteiger partial charge on any atom is 0.137 e. The molecule has 0 atom stereocenters. The molecule has 21 heavy (non-hydrogen) atoms. The van der Waals surface area contributed by atoms with Gasteiger partial charge in [0.2, 0.25) is 0 Å². The first-order chi connectivity index (χ1) is 10.3. The predicted octanol–water partition coefficient (Wildman–Crippen LogP) is 2.72. The highest BCUT2D eigenvalue weighted by molar-refractivity contribution is 5.82. The van der Waals surface area contributed by atoms with Crippen molar-refractivity contribution in [3.63, 3.8) is 0 Å². The van der Waals surface area contributed by atoms with E-state index >= 15 is 0 Å². The van der Waals surface area contributed by atoms with E-state index in [2.05, 4.69) is 36.4 Å². The highest BCUT2D eigenvalue weighted by Crippen LogP contribution is 2.26. The van der Waals surface area contributed by atoms with Crippen molar-refractivity contribution in [2.24, 2.45) is 0 Å². The molecule has 4 aromatic rings. The van der Waals surface area contributed by atoms with Gasteiger partial charge in [0.25, 0.3) is 0 Å². The first-order valence-corrected chi connectivity index (χ1v) is 6.59. The minimum Gasteiger partial charge on any atom is -0.346 e. The van der Waals surface area contributed by atoms with Crippen molar-refractivity contribution in [2.75, 3.05) is 0 Å². The zero-order valence-corrected chi connectivity index (χ0v) is 11.3. The average molecular weight is 276 g/mol. The second kappa shape index (κ2) is 4.52. The quantitative estimate of drug-likeness (QED) is 0.589. The third-order valence-corrected chi connectivity index (χ3v) is 3.48. The van der Waals surface area contributed by atoms with Crippen molar-refractivity contribution in [1.82, 2.24) is 30.4 Å². The molecule has 0 fully saturated rings. The highest BCUT2D eigenvalue weighted by atomic mass is 15.3. The summed E-state index contributed by atoms with van der Waals surface area (Å²) >= 11 is 0. The maximum atomic E-state index is 4.60. The van der Waals surface area contributed by atoms with Crippen molar-refractivity contribution < 1.29 is 0 Å². The largest absolute Gasteiger partial charge is 0.346 e. The molecule has 0 aliphatic carbocycles. The van der Waals surface area contributed by atoms with Crippen LogP contribution in [0.4, 0.5) is 0 Å². The molecule has 4 aromatic heterocycles. The van der Waals surface area contributed by atoms with E-state index < -0.39 is 0 Å². The van der Waals surface area contributed by atoms with E-state index in [-0.39, 0.29) is 0 Å². The number of hydrogen-bond donors (Lipinski definition) is 2. The first kappa shape index (κ1) is 11.8. The maximum absolute atomic E-state index is 4.60. The van der Waals surface area contributed by atoms with Gasteiger partial charge in [0.05, 0.1) is 11.9 Å². The number of hydrogen-bond acceptors (Lipinski definition) is 4. The fourth-order valence-electron chi connectivity index (χ4n) is 2.42. The lowest BCUT2D eigenvalue weighted by Gasteiger charge is -2.06. The number of aromatic amines is 2. The molecule has 6 heteroatoms. The Hall–Kier alpha value is -3.02. The third-order valence-electron chi connectivity index (χ3n) is 3.48. The fourth-order valence-corrected chi connectivity index (χ4v) is 2.42. The van der Waals surface area contributed by atoms with Gasteiger partial charge in [-0.25, -0.2) is 4.98 Å². The van der Waals surface area contributed by atoms with E-state index in [4.69, 9.17) is 0 Å². The van der Waals surface area contributed by atoms with Gasteiger partial charge in [-0.15, -0.1) is 5.10 Å². The summed E-state index contributed by atoms with van der Waals surface area (Å²) in [6, 6.07) is 8.11. The van der Waals surface area contributed by atoms with Crippen LogP contribution in [0.15, 0.2) is 42.9 Å². The van der Waals surface area contributed by atoms with Gasteiger partial charge in [-0.2, -0.15) is 0 Å². The number of fused-ring (bicyclic) bond motifs is 1. The summed E-state index contributed by atoms with van der Waals surface area (Å²) < 4.78 is 0. The number of rotatable bonds is 2. The molecule has 0 radical (unpaired) electrons. The van der Waals surface area contributed by atoms with Crippen LogP contribution in [0.1, 0.15) is 5.69 Å². The zero-order chi connectivity index (χ0) is 14.2. The molecule has 0 unspecified atom stereocenters. The molecule has 0 spiro atoms. The molecule has 102 valence electrons. The molecule has 0 amide bonds. The van der Waals surface area contributed by atoms with Crippen molar-refractivity contribution in [1.29, 1.82) is 0 Å². The fraction of sp³-hybridized carbons (Fsp3) is 0.0667. The van der Waals surface area contributed by atoms with Gasteiger partial charge in [0.1, 0.15) is 11.3 Å². The van der Waals surface area contributed by atoms with E-state index in [1.807, 2.05) is 37.5 Å². The van der Waals surface area contributed by atoms with E-state index in [0.717, 1.165) is 39.2 Å². The Morgan fingerprint density at radius 1 is 1.10 bits per heavy atom. The van der Waals surface area contributed by atoms with Crippen molar-refractivity contribution >= 4 is 11.0 Å². The molecule has 0 bridgehead atoms.